The molecule has 2 aliphatic heterocycles. The minimum Gasteiger partial charge on any atom is -0.451 e. The number of carbonyl (C=O) groups is 1. The first kappa shape index (κ1) is 24.4. The zero-order chi connectivity index (χ0) is 25.2. The van der Waals surface area contributed by atoms with E-state index in [0.29, 0.717) is 74.0 Å². The standard InChI is InChI=1S/C25H24Cl2N4O5/c26-19-3-1-17(15-20(19)27)23-5-6-24(36-23)25(32)30-9-7-28(8-10-30)18-2-4-21(31(33)34)22(16-18)29-11-13-35-14-12-29/h1-6,15-16H,7-14H2. The van der Waals surface area contributed by atoms with Crippen LogP contribution in [0.2, 0.25) is 10.0 Å². The van der Waals surface area contributed by atoms with Crippen LogP contribution in [0.25, 0.3) is 11.3 Å². The molecule has 0 unspecified atom stereocenters. The molecule has 188 valence electrons. The fourth-order valence-corrected chi connectivity index (χ4v) is 4.80. The summed E-state index contributed by atoms with van der Waals surface area (Å²) in [5.74, 6) is 0.616. The van der Waals surface area contributed by atoms with E-state index < -0.39 is 0 Å². The first-order chi connectivity index (χ1) is 17.4. The number of morpholine rings is 1. The molecular formula is C25H24Cl2N4O5. The van der Waals surface area contributed by atoms with Crippen molar-refractivity contribution < 1.29 is 18.9 Å². The van der Waals surface area contributed by atoms with Gasteiger partial charge in [-0.05, 0) is 42.5 Å². The number of carbonyl (C=O) groups excluding carboxylic acids is 1. The van der Waals surface area contributed by atoms with Crippen molar-refractivity contribution in [2.45, 2.75) is 0 Å². The second kappa shape index (κ2) is 10.4. The van der Waals surface area contributed by atoms with Crippen molar-refractivity contribution in [3.63, 3.8) is 0 Å². The average Bonchev–Trinajstić information content (AvgIpc) is 3.40. The molecule has 0 radical (unpaired) electrons. The molecule has 0 saturated carbocycles. The van der Waals surface area contributed by atoms with Gasteiger partial charge >= 0.3 is 0 Å². The zero-order valence-electron chi connectivity index (χ0n) is 19.4. The predicted octanol–water partition coefficient (Wildman–Crippen LogP) is 4.96. The molecule has 2 fully saturated rings. The molecule has 36 heavy (non-hydrogen) atoms. The molecule has 1 aromatic heterocycles. The van der Waals surface area contributed by atoms with Crippen LogP contribution in [0.3, 0.4) is 0 Å². The number of hydrogen-bond donors (Lipinski definition) is 0. The van der Waals surface area contributed by atoms with Gasteiger partial charge in [0.2, 0.25) is 0 Å². The highest BCUT2D eigenvalue weighted by molar-refractivity contribution is 6.42. The molecule has 0 aliphatic carbocycles. The summed E-state index contributed by atoms with van der Waals surface area (Å²) in [5.41, 5.74) is 2.33. The summed E-state index contributed by atoms with van der Waals surface area (Å²) in [6.45, 7) is 4.53. The highest BCUT2D eigenvalue weighted by Gasteiger charge is 2.27. The first-order valence-electron chi connectivity index (χ1n) is 11.6. The number of hydrogen-bond acceptors (Lipinski definition) is 7. The summed E-state index contributed by atoms with van der Waals surface area (Å²) in [5, 5.41) is 12.5. The van der Waals surface area contributed by atoms with E-state index in [0.717, 1.165) is 11.3 Å². The maximum absolute atomic E-state index is 13.1. The zero-order valence-corrected chi connectivity index (χ0v) is 20.9. The van der Waals surface area contributed by atoms with E-state index in [1.807, 2.05) is 11.0 Å². The minimum atomic E-state index is -0.346. The third-order valence-corrected chi connectivity index (χ3v) is 7.20. The number of halogens is 2. The fourth-order valence-electron chi connectivity index (χ4n) is 4.50. The van der Waals surface area contributed by atoms with Crippen LogP contribution >= 0.6 is 23.2 Å². The number of anilines is 2. The van der Waals surface area contributed by atoms with Crippen molar-refractivity contribution in [3.8, 4) is 11.3 Å². The molecule has 1 amide bonds. The Kier molecular flexibility index (Phi) is 7.04. The minimum absolute atomic E-state index is 0.0880. The van der Waals surface area contributed by atoms with Gasteiger partial charge in [-0.15, -0.1) is 0 Å². The van der Waals surface area contributed by atoms with E-state index in [1.165, 1.54) is 0 Å². The average molecular weight is 531 g/mol. The number of benzene rings is 2. The maximum atomic E-state index is 13.1. The quantitative estimate of drug-likeness (QED) is 0.340. The SMILES string of the molecule is O=C(c1ccc(-c2ccc(Cl)c(Cl)c2)o1)N1CCN(c2ccc([N+](=O)[O-])c(N3CCOCC3)c2)CC1. The van der Waals surface area contributed by atoms with E-state index in [9.17, 15) is 14.9 Å². The molecule has 0 atom stereocenters. The summed E-state index contributed by atoms with van der Waals surface area (Å²) in [4.78, 5) is 30.2. The van der Waals surface area contributed by atoms with Gasteiger partial charge in [0.05, 0.1) is 28.2 Å². The van der Waals surface area contributed by atoms with Gasteiger partial charge in [0.1, 0.15) is 11.4 Å². The lowest BCUT2D eigenvalue weighted by atomic mass is 10.1. The summed E-state index contributed by atoms with van der Waals surface area (Å²) in [6.07, 6.45) is 0. The molecule has 2 aromatic carbocycles. The number of amides is 1. The third kappa shape index (κ3) is 5.00. The van der Waals surface area contributed by atoms with Crippen LogP contribution in [-0.2, 0) is 4.74 Å². The van der Waals surface area contributed by atoms with Gasteiger partial charge in [0.15, 0.2) is 5.76 Å². The molecule has 0 N–H and O–H groups in total. The molecule has 11 heteroatoms. The fraction of sp³-hybridized carbons (Fsp3) is 0.320. The van der Waals surface area contributed by atoms with Gasteiger partial charge in [0.25, 0.3) is 11.6 Å². The van der Waals surface area contributed by atoms with Gasteiger partial charge in [-0.2, -0.15) is 0 Å². The van der Waals surface area contributed by atoms with Crippen LogP contribution in [0, 0.1) is 10.1 Å². The molecule has 0 bridgehead atoms. The molecule has 0 spiro atoms. The van der Waals surface area contributed by atoms with Crippen molar-refractivity contribution in [2.24, 2.45) is 0 Å². The topological polar surface area (TPSA) is 92.3 Å². The maximum Gasteiger partial charge on any atom is 0.292 e. The van der Waals surface area contributed by atoms with E-state index in [2.05, 4.69) is 4.90 Å². The van der Waals surface area contributed by atoms with Crippen molar-refractivity contribution in [1.29, 1.82) is 0 Å². The Morgan fingerprint density at radius 1 is 0.861 bits per heavy atom. The van der Waals surface area contributed by atoms with Crippen LogP contribution in [0.15, 0.2) is 52.9 Å². The van der Waals surface area contributed by atoms with Crippen LogP contribution in [0.5, 0.6) is 0 Å². The van der Waals surface area contributed by atoms with Crippen LogP contribution in [0.4, 0.5) is 17.1 Å². The summed E-state index contributed by atoms with van der Waals surface area (Å²) >= 11 is 12.1. The Bertz CT molecular complexity index is 1280. The Morgan fingerprint density at radius 3 is 2.31 bits per heavy atom. The number of nitro benzene ring substituents is 1. The first-order valence-corrected chi connectivity index (χ1v) is 12.4. The van der Waals surface area contributed by atoms with Crippen LogP contribution < -0.4 is 9.80 Å². The van der Waals surface area contributed by atoms with Gasteiger partial charge in [0, 0.05) is 56.6 Å². The highest BCUT2D eigenvalue weighted by Crippen LogP contribution is 2.34. The number of nitro groups is 1. The number of nitrogens with zero attached hydrogens (tertiary/aromatic N) is 4. The smallest absolute Gasteiger partial charge is 0.292 e. The third-order valence-electron chi connectivity index (χ3n) is 6.46. The van der Waals surface area contributed by atoms with E-state index in [-0.39, 0.29) is 22.3 Å². The van der Waals surface area contributed by atoms with Crippen molar-refractivity contribution >= 4 is 46.2 Å². The molecular weight excluding hydrogens is 507 g/mol. The number of ether oxygens (including phenoxy) is 1. The Hall–Kier alpha value is -3.27. The Morgan fingerprint density at radius 2 is 1.61 bits per heavy atom. The predicted molar refractivity (Wildman–Crippen MR) is 138 cm³/mol. The van der Waals surface area contributed by atoms with Gasteiger partial charge in [-0.3, -0.25) is 14.9 Å². The normalized spacial score (nSPS) is 16.3. The monoisotopic (exact) mass is 530 g/mol. The summed E-state index contributed by atoms with van der Waals surface area (Å²) < 4.78 is 11.2. The lowest BCUT2D eigenvalue weighted by molar-refractivity contribution is -0.384. The lowest BCUT2D eigenvalue weighted by Crippen LogP contribution is -2.48. The second-order valence-electron chi connectivity index (χ2n) is 8.60. The van der Waals surface area contributed by atoms with Crippen molar-refractivity contribution in [3.05, 3.63) is 74.5 Å². The lowest BCUT2D eigenvalue weighted by Gasteiger charge is -2.36. The molecule has 5 rings (SSSR count). The van der Waals surface area contributed by atoms with E-state index in [4.69, 9.17) is 32.4 Å². The summed E-state index contributed by atoms with van der Waals surface area (Å²) in [6, 6.07) is 13.8. The Balaban J connectivity index is 1.26. The summed E-state index contributed by atoms with van der Waals surface area (Å²) in [7, 11) is 0. The molecule has 9 nitrogen and oxygen atoms in total. The van der Waals surface area contributed by atoms with Crippen molar-refractivity contribution in [2.75, 3.05) is 62.3 Å². The largest absolute Gasteiger partial charge is 0.451 e. The van der Waals surface area contributed by atoms with Crippen LogP contribution in [0.1, 0.15) is 10.6 Å². The molecule has 2 aliphatic rings. The van der Waals surface area contributed by atoms with E-state index >= 15 is 0 Å². The molecule has 3 aromatic rings. The van der Waals surface area contributed by atoms with Crippen molar-refractivity contribution in [1.82, 2.24) is 4.90 Å². The molecule has 3 heterocycles. The number of furan rings is 1. The second-order valence-corrected chi connectivity index (χ2v) is 9.42. The highest BCUT2D eigenvalue weighted by atomic mass is 35.5. The van der Waals surface area contributed by atoms with Gasteiger partial charge in [-0.25, -0.2) is 0 Å². The van der Waals surface area contributed by atoms with E-state index in [1.54, 1.807) is 47.4 Å². The Labute approximate surface area is 217 Å². The number of piperazine rings is 1. The number of rotatable bonds is 5. The van der Waals surface area contributed by atoms with Gasteiger partial charge < -0.3 is 23.9 Å². The molecule has 2 saturated heterocycles. The van der Waals surface area contributed by atoms with Gasteiger partial charge in [-0.1, -0.05) is 23.2 Å². The van der Waals surface area contributed by atoms with Crippen LogP contribution in [-0.4, -0.2) is 68.2 Å².